The van der Waals surface area contributed by atoms with Crippen molar-refractivity contribution in [2.24, 2.45) is 0 Å². The zero-order valence-electron chi connectivity index (χ0n) is 20.8. The molecular formula is C27H26N4O6. The molecule has 2 fully saturated rings. The normalized spacial score (nSPS) is 26.3. The van der Waals surface area contributed by atoms with Gasteiger partial charge in [0.15, 0.2) is 17.5 Å². The fraction of sp³-hybridized carbons (Fsp3) is 0.370. The van der Waals surface area contributed by atoms with Crippen molar-refractivity contribution < 1.29 is 23.9 Å². The SMILES string of the molecule is CC(=O)O[C@H](C)c1nc2ccccc2c(=O)n1[C@H]1C[C@]2(OC1=O)c1ccccc1N1C(=O)C(C)(C)N[C@H]12. The number of carbonyl (C=O) groups excluding carboxylic acids is 3. The van der Waals surface area contributed by atoms with Gasteiger partial charge >= 0.3 is 11.9 Å². The number of hydrogen-bond acceptors (Lipinski definition) is 8. The number of benzene rings is 2. The average molecular weight is 503 g/mol. The molecule has 190 valence electrons. The highest BCUT2D eigenvalue weighted by molar-refractivity contribution is 6.05. The third kappa shape index (κ3) is 3.18. The monoisotopic (exact) mass is 502 g/mol. The first-order chi connectivity index (χ1) is 17.5. The smallest absolute Gasteiger partial charge is 0.330 e. The Bertz CT molecular complexity index is 1560. The molecule has 2 aromatic carbocycles. The van der Waals surface area contributed by atoms with Crippen molar-refractivity contribution in [2.45, 2.75) is 63.6 Å². The Balaban J connectivity index is 1.53. The zero-order valence-corrected chi connectivity index (χ0v) is 20.8. The summed E-state index contributed by atoms with van der Waals surface area (Å²) >= 11 is 0. The molecule has 0 aliphatic carbocycles. The second kappa shape index (κ2) is 7.72. The molecule has 37 heavy (non-hydrogen) atoms. The number of amides is 1. The van der Waals surface area contributed by atoms with Crippen molar-refractivity contribution in [2.75, 3.05) is 4.90 Å². The summed E-state index contributed by atoms with van der Waals surface area (Å²) in [5.41, 5.74) is -0.718. The lowest BCUT2D eigenvalue weighted by Gasteiger charge is -2.31. The van der Waals surface area contributed by atoms with Gasteiger partial charge in [0.05, 0.1) is 22.1 Å². The number of carbonyl (C=O) groups is 3. The van der Waals surface area contributed by atoms with E-state index in [1.165, 1.54) is 11.5 Å². The second-order valence-corrected chi connectivity index (χ2v) is 10.3. The van der Waals surface area contributed by atoms with E-state index in [4.69, 9.17) is 9.47 Å². The molecule has 0 radical (unpaired) electrons. The van der Waals surface area contributed by atoms with Crippen molar-refractivity contribution in [3.63, 3.8) is 0 Å². The van der Waals surface area contributed by atoms with E-state index in [0.717, 1.165) is 0 Å². The quantitative estimate of drug-likeness (QED) is 0.543. The van der Waals surface area contributed by atoms with E-state index < -0.39 is 46.9 Å². The maximum absolute atomic E-state index is 13.8. The molecule has 3 aliphatic heterocycles. The highest BCUT2D eigenvalue weighted by Gasteiger charge is 2.66. The Morgan fingerprint density at radius 2 is 1.84 bits per heavy atom. The molecule has 2 saturated heterocycles. The maximum atomic E-state index is 13.8. The van der Waals surface area contributed by atoms with Crippen LogP contribution < -0.4 is 15.8 Å². The van der Waals surface area contributed by atoms with Gasteiger partial charge < -0.3 is 9.47 Å². The van der Waals surface area contributed by atoms with Crippen molar-refractivity contribution in [3.8, 4) is 0 Å². The predicted octanol–water partition coefficient (Wildman–Crippen LogP) is 2.46. The van der Waals surface area contributed by atoms with Gasteiger partial charge in [-0.1, -0.05) is 30.3 Å². The summed E-state index contributed by atoms with van der Waals surface area (Å²) in [6.07, 6.45) is -1.45. The van der Waals surface area contributed by atoms with Crippen LogP contribution in [0.4, 0.5) is 5.69 Å². The number of ether oxygens (including phenoxy) is 2. The van der Waals surface area contributed by atoms with E-state index in [-0.39, 0.29) is 18.2 Å². The molecule has 4 heterocycles. The summed E-state index contributed by atoms with van der Waals surface area (Å²) in [5.74, 6) is -1.14. The summed E-state index contributed by atoms with van der Waals surface area (Å²) in [6, 6.07) is 13.1. The Labute approximate surface area is 212 Å². The van der Waals surface area contributed by atoms with E-state index in [0.29, 0.717) is 22.2 Å². The lowest BCUT2D eigenvalue weighted by Crippen LogP contribution is -2.51. The number of nitrogens with one attached hydrogen (secondary N) is 1. The molecular weight excluding hydrogens is 476 g/mol. The van der Waals surface area contributed by atoms with Crippen LogP contribution in [0.2, 0.25) is 0 Å². The Kier molecular flexibility index (Phi) is 4.87. The fourth-order valence-electron chi connectivity index (χ4n) is 5.89. The van der Waals surface area contributed by atoms with Crippen molar-refractivity contribution in [1.29, 1.82) is 0 Å². The number of nitrogens with zero attached hydrogens (tertiary/aromatic N) is 3. The summed E-state index contributed by atoms with van der Waals surface area (Å²) in [5, 5.41) is 3.68. The van der Waals surface area contributed by atoms with Gasteiger partial charge in [-0.05, 0) is 39.0 Å². The number of anilines is 1. The molecule has 0 unspecified atom stereocenters. The second-order valence-electron chi connectivity index (χ2n) is 10.3. The molecule has 3 aliphatic rings. The van der Waals surface area contributed by atoms with E-state index >= 15 is 0 Å². The van der Waals surface area contributed by atoms with E-state index in [2.05, 4.69) is 10.3 Å². The summed E-state index contributed by atoms with van der Waals surface area (Å²) in [7, 11) is 0. The summed E-state index contributed by atoms with van der Waals surface area (Å²) in [6.45, 7) is 6.45. The van der Waals surface area contributed by atoms with E-state index in [9.17, 15) is 19.2 Å². The zero-order chi connectivity index (χ0) is 26.3. The van der Waals surface area contributed by atoms with Gasteiger partial charge in [-0.25, -0.2) is 9.78 Å². The van der Waals surface area contributed by atoms with Crippen molar-refractivity contribution >= 4 is 34.4 Å². The van der Waals surface area contributed by atoms with E-state index in [1.807, 2.05) is 24.3 Å². The molecule has 10 nitrogen and oxygen atoms in total. The van der Waals surface area contributed by atoms with E-state index in [1.54, 1.807) is 49.9 Å². The number of aromatic nitrogens is 2. The Morgan fingerprint density at radius 3 is 2.59 bits per heavy atom. The lowest BCUT2D eigenvalue weighted by atomic mass is 9.88. The lowest BCUT2D eigenvalue weighted by molar-refractivity contribution is -0.152. The average Bonchev–Trinajstić information content (AvgIpc) is 3.41. The first kappa shape index (κ1) is 23.4. The number of fused-ring (bicyclic) bond motifs is 6. The van der Waals surface area contributed by atoms with Crippen LogP contribution in [0.5, 0.6) is 0 Å². The highest BCUT2D eigenvalue weighted by Crippen LogP contribution is 2.55. The largest absolute Gasteiger partial charge is 0.455 e. The molecule has 1 spiro atoms. The van der Waals surface area contributed by atoms with Crippen LogP contribution in [0.3, 0.4) is 0 Å². The minimum Gasteiger partial charge on any atom is -0.455 e. The molecule has 0 bridgehead atoms. The Morgan fingerprint density at radius 1 is 1.14 bits per heavy atom. The van der Waals surface area contributed by atoms with Crippen LogP contribution in [-0.4, -0.2) is 39.1 Å². The molecule has 0 saturated carbocycles. The van der Waals surface area contributed by atoms with Crippen molar-refractivity contribution in [1.82, 2.24) is 14.9 Å². The predicted molar refractivity (Wildman–Crippen MR) is 133 cm³/mol. The molecule has 1 amide bonds. The molecule has 4 atom stereocenters. The number of rotatable bonds is 3. The minimum atomic E-state index is -1.21. The first-order valence-electron chi connectivity index (χ1n) is 12.2. The molecule has 1 N–H and O–H groups in total. The van der Waals surface area contributed by atoms with Crippen LogP contribution in [0, 0.1) is 0 Å². The minimum absolute atomic E-state index is 0.0834. The number of para-hydroxylation sites is 2. The van der Waals surface area contributed by atoms with Crippen LogP contribution in [0.1, 0.15) is 57.6 Å². The van der Waals surface area contributed by atoms with Crippen LogP contribution in [-0.2, 0) is 29.5 Å². The maximum Gasteiger partial charge on any atom is 0.330 e. The topological polar surface area (TPSA) is 120 Å². The standard InChI is InChI=1S/C27H26N4O6/c1-14(36-15(2)32)21-28-18-11-7-5-9-16(18)22(33)30(21)20-13-27(37-23(20)34)17-10-6-8-12-19(17)31-24(27)29-26(3,4)25(31)35/h5-12,14,20,24,29H,13H2,1-4H3/t14-,20+,24-,27+/m1/s1. The highest BCUT2D eigenvalue weighted by atomic mass is 16.6. The fourth-order valence-corrected chi connectivity index (χ4v) is 5.89. The van der Waals surface area contributed by atoms with Gasteiger partial charge in [0.1, 0.15) is 12.2 Å². The third-order valence-electron chi connectivity index (χ3n) is 7.47. The van der Waals surface area contributed by atoms with Gasteiger partial charge in [0, 0.05) is 18.9 Å². The van der Waals surface area contributed by atoms with Gasteiger partial charge in [-0.15, -0.1) is 0 Å². The molecule has 3 aromatic rings. The number of esters is 2. The van der Waals surface area contributed by atoms with Gasteiger partial charge in [-0.3, -0.25) is 29.2 Å². The molecule has 6 rings (SSSR count). The van der Waals surface area contributed by atoms with Gasteiger partial charge in [0.2, 0.25) is 5.91 Å². The van der Waals surface area contributed by atoms with Gasteiger partial charge in [-0.2, -0.15) is 0 Å². The van der Waals surface area contributed by atoms with Crippen molar-refractivity contribution in [3.05, 3.63) is 70.3 Å². The molecule has 1 aromatic heterocycles. The third-order valence-corrected chi connectivity index (χ3v) is 7.47. The summed E-state index contributed by atoms with van der Waals surface area (Å²) in [4.78, 5) is 58.7. The van der Waals surface area contributed by atoms with Gasteiger partial charge in [0.25, 0.3) is 5.56 Å². The van der Waals surface area contributed by atoms with Crippen LogP contribution in [0.25, 0.3) is 10.9 Å². The van der Waals surface area contributed by atoms with Crippen LogP contribution in [0.15, 0.2) is 53.3 Å². The number of hydrogen-bond donors (Lipinski definition) is 1. The Hall–Kier alpha value is -4.05. The first-order valence-corrected chi connectivity index (χ1v) is 12.2. The molecule has 10 heteroatoms. The van der Waals surface area contributed by atoms with Crippen LogP contribution >= 0.6 is 0 Å². The summed E-state index contributed by atoms with van der Waals surface area (Å²) < 4.78 is 12.8.